The second-order valence-electron chi connectivity index (χ2n) is 3.88. The minimum absolute atomic E-state index is 0.0403. The number of amides is 2. The molecular formula is C12H13FN2O2S. The van der Waals surface area contributed by atoms with Crippen molar-refractivity contribution in [3.63, 3.8) is 0 Å². The van der Waals surface area contributed by atoms with Crippen molar-refractivity contribution < 1.29 is 14.0 Å². The Morgan fingerprint density at radius 2 is 2.28 bits per heavy atom. The maximum absolute atomic E-state index is 13.7. The standard InChI is InChI=1S/C12H13FN2O2S/c1-14-10(16)6-15-11(17)7-18-12(15)8-4-2-3-5-9(8)13/h2-5,12H,6-7H2,1H3,(H,14,16)/t12-/m1/s1. The molecule has 1 aliphatic rings. The van der Waals surface area contributed by atoms with Crippen LogP contribution in [0.1, 0.15) is 10.9 Å². The number of benzene rings is 1. The zero-order chi connectivity index (χ0) is 13.1. The molecule has 0 unspecified atom stereocenters. The van der Waals surface area contributed by atoms with Crippen LogP contribution in [0.2, 0.25) is 0 Å². The molecule has 0 radical (unpaired) electrons. The average molecular weight is 268 g/mol. The van der Waals surface area contributed by atoms with Crippen LogP contribution in [0.4, 0.5) is 4.39 Å². The van der Waals surface area contributed by atoms with Crippen LogP contribution in [0.3, 0.4) is 0 Å². The third kappa shape index (κ3) is 2.48. The first-order valence-electron chi connectivity index (χ1n) is 5.49. The molecule has 1 N–H and O–H groups in total. The van der Waals surface area contributed by atoms with E-state index in [4.69, 9.17) is 0 Å². The fourth-order valence-electron chi connectivity index (χ4n) is 1.79. The number of carbonyl (C=O) groups excluding carboxylic acids is 2. The van der Waals surface area contributed by atoms with Gasteiger partial charge in [-0.25, -0.2) is 4.39 Å². The molecular weight excluding hydrogens is 255 g/mol. The van der Waals surface area contributed by atoms with E-state index in [2.05, 4.69) is 5.32 Å². The number of nitrogens with one attached hydrogen (secondary N) is 1. The van der Waals surface area contributed by atoms with Gasteiger partial charge in [0.2, 0.25) is 11.8 Å². The van der Waals surface area contributed by atoms with Crippen LogP contribution in [0.25, 0.3) is 0 Å². The summed E-state index contributed by atoms with van der Waals surface area (Å²) in [6.45, 7) is -0.0403. The van der Waals surface area contributed by atoms with Crippen LogP contribution < -0.4 is 5.32 Å². The lowest BCUT2D eigenvalue weighted by Gasteiger charge is -2.23. The summed E-state index contributed by atoms with van der Waals surface area (Å²) in [5.74, 6) is -0.480. The molecule has 0 saturated carbocycles. The van der Waals surface area contributed by atoms with Crippen LogP contribution in [-0.2, 0) is 9.59 Å². The lowest BCUT2D eigenvalue weighted by atomic mass is 10.2. The molecule has 4 nitrogen and oxygen atoms in total. The highest BCUT2D eigenvalue weighted by Crippen LogP contribution is 2.39. The largest absolute Gasteiger partial charge is 0.358 e. The molecule has 1 saturated heterocycles. The smallest absolute Gasteiger partial charge is 0.239 e. The van der Waals surface area contributed by atoms with Crippen LogP contribution in [0.15, 0.2) is 24.3 Å². The maximum atomic E-state index is 13.7. The van der Waals surface area contributed by atoms with E-state index >= 15 is 0 Å². The van der Waals surface area contributed by atoms with Gasteiger partial charge < -0.3 is 10.2 Å². The van der Waals surface area contributed by atoms with Crippen LogP contribution >= 0.6 is 11.8 Å². The first-order chi connectivity index (χ1) is 8.63. The second-order valence-corrected chi connectivity index (χ2v) is 4.95. The molecule has 1 atom stereocenters. The summed E-state index contributed by atoms with van der Waals surface area (Å²) in [4.78, 5) is 24.5. The van der Waals surface area contributed by atoms with Gasteiger partial charge in [-0.1, -0.05) is 18.2 Å². The SMILES string of the molecule is CNC(=O)CN1C(=O)CS[C@@H]1c1ccccc1F. The van der Waals surface area contributed by atoms with Gasteiger partial charge in [0, 0.05) is 12.6 Å². The van der Waals surface area contributed by atoms with Gasteiger partial charge in [-0.3, -0.25) is 9.59 Å². The Hall–Kier alpha value is -1.56. The Bertz CT molecular complexity index is 481. The van der Waals surface area contributed by atoms with E-state index in [0.717, 1.165) is 0 Å². The summed E-state index contributed by atoms with van der Waals surface area (Å²) in [6.07, 6.45) is 0. The minimum atomic E-state index is -0.420. The Morgan fingerprint density at radius 3 is 2.94 bits per heavy atom. The van der Waals surface area contributed by atoms with Crippen LogP contribution in [-0.4, -0.2) is 36.1 Å². The van der Waals surface area contributed by atoms with Crippen LogP contribution in [0, 0.1) is 5.82 Å². The third-order valence-corrected chi connectivity index (χ3v) is 3.97. The van der Waals surface area contributed by atoms with Gasteiger partial charge in [-0.2, -0.15) is 0 Å². The van der Waals surface area contributed by atoms with Gasteiger partial charge in [0.25, 0.3) is 0 Å². The first-order valence-corrected chi connectivity index (χ1v) is 6.54. The van der Waals surface area contributed by atoms with Crippen molar-refractivity contribution in [3.8, 4) is 0 Å². The van der Waals surface area contributed by atoms with Crippen molar-refractivity contribution >= 4 is 23.6 Å². The molecule has 0 spiro atoms. The number of likely N-dealkylation sites (N-methyl/N-ethyl adjacent to an activating group) is 1. The maximum Gasteiger partial charge on any atom is 0.239 e. The van der Waals surface area contributed by atoms with Gasteiger partial charge in [0.05, 0.1) is 5.75 Å². The second kappa shape index (κ2) is 5.39. The number of nitrogens with zero attached hydrogens (tertiary/aromatic N) is 1. The molecule has 0 aromatic heterocycles. The molecule has 18 heavy (non-hydrogen) atoms. The molecule has 1 fully saturated rings. The highest BCUT2D eigenvalue weighted by atomic mass is 32.2. The number of carbonyl (C=O) groups is 2. The van der Waals surface area contributed by atoms with Crippen molar-refractivity contribution in [1.82, 2.24) is 10.2 Å². The Morgan fingerprint density at radius 1 is 1.56 bits per heavy atom. The number of rotatable bonds is 3. The van der Waals surface area contributed by atoms with Crippen molar-refractivity contribution in [2.75, 3.05) is 19.3 Å². The van der Waals surface area contributed by atoms with Crippen molar-refractivity contribution in [2.24, 2.45) is 0 Å². The highest BCUT2D eigenvalue weighted by Gasteiger charge is 2.35. The van der Waals surface area contributed by atoms with Crippen LogP contribution in [0.5, 0.6) is 0 Å². The molecule has 1 aromatic rings. The summed E-state index contributed by atoms with van der Waals surface area (Å²) < 4.78 is 13.7. The Balaban J connectivity index is 2.24. The molecule has 1 aliphatic heterocycles. The quantitative estimate of drug-likeness (QED) is 0.894. The van der Waals surface area contributed by atoms with E-state index < -0.39 is 5.37 Å². The number of hydrogen-bond acceptors (Lipinski definition) is 3. The predicted molar refractivity (Wildman–Crippen MR) is 67.4 cm³/mol. The number of halogens is 1. The summed E-state index contributed by atoms with van der Waals surface area (Å²) in [5.41, 5.74) is 0.442. The Kier molecular flexibility index (Phi) is 3.86. The van der Waals surface area contributed by atoms with E-state index in [0.29, 0.717) is 5.56 Å². The summed E-state index contributed by atoms with van der Waals surface area (Å²) in [6, 6.07) is 6.32. The molecule has 96 valence electrons. The molecule has 2 rings (SSSR count). The minimum Gasteiger partial charge on any atom is -0.358 e. The zero-order valence-corrected chi connectivity index (χ0v) is 10.7. The normalized spacial score (nSPS) is 19.1. The van der Waals surface area contributed by atoms with E-state index in [1.54, 1.807) is 18.2 Å². The monoisotopic (exact) mass is 268 g/mol. The molecule has 0 bridgehead atoms. The lowest BCUT2D eigenvalue weighted by molar-refractivity contribution is -0.133. The van der Waals surface area contributed by atoms with Gasteiger partial charge in [0.15, 0.2) is 0 Å². The Labute approximate surface area is 109 Å². The summed E-state index contributed by atoms with van der Waals surface area (Å²) in [7, 11) is 1.51. The van der Waals surface area contributed by atoms with E-state index in [9.17, 15) is 14.0 Å². The average Bonchev–Trinajstić information content (AvgIpc) is 2.72. The molecule has 1 heterocycles. The molecule has 1 aromatic carbocycles. The highest BCUT2D eigenvalue weighted by molar-refractivity contribution is 8.00. The van der Waals surface area contributed by atoms with Gasteiger partial charge in [0.1, 0.15) is 17.7 Å². The van der Waals surface area contributed by atoms with Gasteiger partial charge in [-0.15, -0.1) is 11.8 Å². The van der Waals surface area contributed by atoms with Crippen molar-refractivity contribution in [1.29, 1.82) is 0 Å². The summed E-state index contributed by atoms with van der Waals surface area (Å²) in [5, 5.41) is 2.04. The van der Waals surface area contributed by atoms with E-state index in [1.165, 1.54) is 29.8 Å². The lowest BCUT2D eigenvalue weighted by Crippen LogP contribution is -2.38. The third-order valence-electron chi connectivity index (χ3n) is 2.73. The predicted octanol–water partition coefficient (Wildman–Crippen LogP) is 1.15. The molecule has 6 heteroatoms. The van der Waals surface area contributed by atoms with Gasteiger partial charge >= 0.3 is 0 Å². The zero-order valence-electron chi connectivity index (χ0n) is 9.85. The van der Waals surface area contributed by atoms with Gasteiger partial charge in [-0.05, 0) is 6.07 Å². The molecule has 0 aliphatic carbocycles. The fraction of sp³-hybridized carbons (Fsp3) is 0.333. The van der Waals surface area contributed by atoms with E-state index in [-0.39, 0.29) is 29.9 Å². The first kappa shape index (κ1) is 12.9. The topological polar surface area (TPSA) is 49.4 Å². The fourth-order valence-corrected chi connectivity index (χ4v) is 3.00. The van der Waals surface area contributed by atoms with E-state index in [1.807, 2.05) is 0 Å². The number of thioether (sulfide) groups is 1. The molecule has 2 amide bonds. The number of hydrogen-bond donors (Lipinski definition) is 1. The van der Waals surface area contributed by atoms with Crippen molar-refractivity contribution in [3.05, 3.63) is 35.6 Å². The van der Waals surface area contributed by atoms with Crippen molar-refractivity contribution in [2.45, 2.75) is 5.37 Å². The summed E-state index contributed by atoms with van der Waals surface area (Å²) >= 11 is 1.33.